The molecule has 0 N–H and O–H groups in total. The maximum atomic E-state index is 2.73. The first-order valence-corrected chi connectivity index (χ1v) is 14.6. The van der Waals surface area contributed by atoms with E-state index < -0.39 is 21.4 Å². The van der Waals surface area contributed by atoms with Crippen LogP contribution in [0.2, 0.25) is 12.5 Å². The van der Waals surface area contributed by atoms with Gasteiger partial charge in [-0.05, 0) is 0 Å². The van der Waals surface area contributed by atoms with Crippen molar-refractivity contribution in [1.29, 1.82) is 0 Å². The van der Waals surface area contributed by atoms with Crippen molar-refractivity contribution in [2.45, 2.75) is 64.9 Å². The first kappa shape index (κ1) is 14.9. The second-order valence-corrected chi connectivity index (χ2v) is 15.4. The van der Waals surface area contributed by atoms with E-state index in [0.29, 0.717) is 0 Å². The standard InChI is InChI=1S/C10H21N.C4H9.In/c1-4-7-10-11(8-5-2)9-6-3;1-3-4-2;/h2-10H2,1H3;1,3-4H2,2H3;. The molecule has 1 fully saturated rings. The summed E-state index contributed by atoms with van der Waals surface area (Å²) in [7, 11) is 0. The van der Waals surface area contributed by atoms with E-state index in [4.69, 9.17) is 0 Å². The molecule has 0 amide bonds. The first-order valence-electron chi connectivity index (χ1n) is 7.59. The van der Waals surface area contributed by atoms with E-state index in [9.17, 15) is 0 Å². The van der Waals surface area contributed by atoms with Crippen molar-refractivity contribution in [3.63, 3.8) is 0 Å². The summed E-state index contributed by atoms with van der Waals surface area (Å²) in [6.45, 7) is 8.85. The van der Waals surface area contributed by atoms with Gasteiger partial charge >= 0.3 is 111 Å². The summed E-state index contributed by atoms with van der Waals surface area (Å²) < 4.78 is 5.10. The minimum absolute atomic E-state index is 0.989. The van der Waals surface area contributed by atoms with Gasteiger partial charge < -0.3 is 0 Å². The number of hydrogen-bond acceptors (Lipinski definition) is 1. The average molecular weight is 327 g/mol. The first-order chi connectivity index (χ1) is 7.86. The quantitative estimate of drug-likeness (QED) is 0.707. The van der Waals surface area contributed by atoms with Crippen molar-refractivity contribution in [3.8, 4) is 0 Å². The predicted molar refractivity (Wildman–Crippen MR) is 75.7 cm³/mol. The Morgan fingerprint density at radius 3 is 2.12 bits per heavy atom. The Morgan fingerprint density at radius 1 is 0.938 bits per heavy atom. The molecule has 1 aliphatic heterocycles. The van der Waals surface area contributed by atoms with Crippen LogP contribution in [0.25, 0.3) is 0 Å². The number of rotatable bonds is 6. The van der Waals surface area contributed by atoms with Gasteiger partial charge in [0.05, 0.1) is 0 Å². The molecule has 1 rings (SSSR count). The Kier molecular flexibility index (Phi) is 9.14. The molecule has 1 nitrogen and oxygen atoms in total. The van der Waals surface area contributed by atoms with Gasteiger partial charge in [-0.1, -0.05) is 0 Å². The van der Waals surface area contributed by atoms with Gasteiger partial charge in [0, 0.05) is 0 Å². The molecule has 1 heterocycles. The fourth-order valence-electron chi connectivity index (χ4n) is 2.85. The van der Waals surface area contributed by atoms with Gasteiger partial charge in [0.25, 0.3) is 0 Å². The Morgan fingerprint density at radius 2 is 1.56 bits per heavy atom. The maximum absolute atomic E-state index is 2.73. The molecule has 2 heteroatoms. The molecule has 94 valence electrons. The summed E-state index contributed by atoms with van der Waals surface area (Å²) in [4.78, 5) is 2.73. The summed E-state index contributed by atoms with van der Waals surface area (Å²) in [5.41, 5.74) is 0. The van der Waals surface area contributed by atoms with Crippen molar-refractivity contribution in [2.75, 3.05) is 19.6 Å². The van der Waals surface area contributed by atoms with Crippen LogP contribution in [0.15, 0.2) is 0 Å². The molecular formula is C14H30InN. The van der Waals surface area contributed by atoms with Crippen molar-refractivity contribution in [2.24, 2.45) is 0 Å². The number of hydrogen-bond donors (Lipinski definition) is 0. The Balaban J connectivity index is 2.16. The normalized spacial score (nSPS) is 19.5. The monoisotopic (exact) mass is 327 g/mol. The van der Waals surface area contributed by atoms with Crippen LogP contribution < -0.4 is 0 Å². The summed E-state index contributed by atoms with van der Waals surface area (Å²) >= 11 is -0.989. The van der Waals surface area contributed by atoms with Gasteiger partial charge in [-0.2, -0.15) is 0 Å². The molecule has 0 saturated carbocycles. The molecule has 1 saturated heterocycles. The van der Waals surface area contributed by atoms with Crippen molar-refractivity contribution in [1.82, 2.24) is 4.90 Å². The van der Waals surface area contributed by atoms with Gasteiger partial charge in [0.2, 0.25) is 0 Å². The topological polar surface area (TPSA) is 3.24 Å². The number of unbranched alkanes of at least 4 members (excludes halogenated alkanes) is 2. The van der Waals surface area contributed by atoms with Gasteiger partial charge in [-0.15, -0.1) is 0 Å². The van der Waals surface area contributed by atoms with Gasteiger partial charge in [-0.25, -0.2) is 0 Å². The van der Waals surface area contributed by atoms with E-state index in [1.807, 2.05) is 0 Å². The third kappa shape index (κ3) is 6.54. The fourth-order valence-corrected chi connectivity index (χ4v) is 12.5. The van der Waals surface area contributed by atoms with Crippen LogP contribution in [-0.2, 0) is 0 Å². The molecule has 0 aromatic carbocycles. The molecule has 0 spiro atoms. The zero-order valence-corrected chi connectivity index (χ0v) is 14.8. The zero-order chi connectivity index (χ0) is 11.6. The molecular weight excluding hydrogens is 297 g/mol. The zero-order valence-electron chi connectivity index (χ0n) is 11.5. The third-order valence-electron chi connectivity index (χ3n) is 3.97. The van der Waals surface area contributed by atoms with Crippen molar-refractivity contribution in [3.05, 3.63) is 0 Å². The van der Waals surface area contributed by atoms with Crippen molar-refractivity contribution >= 4 is 21.4 Å². The molecule has 0 bridgehead atoms. The molecule has 16 heavy (non-hydrogen) atoms. The van der Waals surface area contributed by atoms with E-state index in [-0.39, 0.29) is 0 Å². The number of nitrogens with zero attached hydrogens (tertiary/aromatic N) is 1. The van der Waals surface area contributed by atoms with E-state index in [0.717, 1.165) is 0 Å². The predicted octanol–water partition coefficient (Wildman–Crippen LogP) is 4.18. The molecule has 0 aliphatic carbocycles. The van der Waals surface area contributed by atoms with E-state index in [2.05, 4.69) is 18.7 Å². The van der Waals surface area contributed by atoms with Crippen LogP contribution in [0, 0.1) is 0 Å². The van der Waals surface area contributed by atoms with Gasteiger partial charge in [-0.3, -0.25) is 0 Å². The second-order valence-electron chi connectivity index (χ2n) is 5.49. The molecule has 0 atom stereocenters. The van der Waals surface area contributed by atoms with Crippen LogP contribution in [-0.4, -0.2) is 46.0 Å². The fraction of sp³-hybridized carbons (Fsp3) is 1.00. The van der Waals surface area contributed by atoms with E-state index in [1.165, 1.54) is 51.7 Å². The minimum atomic E-state index is -0.989. The molecule has 1 aliphatic rings. The second kappa shape index (κ2) is 9.82. The Labute approximate surface area is 111 Å². The van der Waals surface area contributed by atoms with Crippen LogP contribution in [0.1, 0.15) is 52.4 Å². The SMILES string of the molecule is CCCCN1CC[CH2][In]([CH2]CCC)[CH2]CC1. The van der Waals surface area contributed by atoms with Crippen LogP contribution in [0.3, 0.4) is 0 Å². The van der Waals surface area contributed by atoms with E-state index >= 15 is 0 Å². The van der Waals surface area contributed by atoms with Gasteiger partial charge in [0.1, 0.15) is 0 Å². The molecule has 0 unspecified atom stereocenters. The van der Waals surface area contributed by atoms with E-state index in [1.54, 1.807) is 19.0 Å². The van der Waals surface area contributed by atoms with Crippen LogP contribution >= 0.6 is 0 Å². The Bertz CT molecular complexity index is 135. The average Bonchev–Trinajstić information content (AvgIpc) is 2.26. The molecule has 0 aromatic rings. The summed E-state index contributed by atoms with van der Waals surface area (Å²) in [6, 6.07) is 0. The van der Waals surface area contributed by atoms with Crippen molar-refractivity contribution < 1.29 is 0 Å². The third-order valence-corrected chi connectivity index (χ3v) is 14.5. The summed E-state index contributed by atoms with van der Waals surface area (Å²) in [6.07, 6.45) is 8.80. The molecule has 0 radical (unpaired) electrons. The summed E-state index contributed by atoms with van der Waals surface area (Å²) in [5, 5.41) is 0. The van der Waals surface area contributed by atoms with Crippen LogP contribution in [0.5, 0.6) is 0 Å². The Hall–Kier alpha value is 0.830. The molecule has 0 aromatic heterocycles. The summed E-state index contributed by atoms with van der Waals surface area (Å²) in [5.74, 6) is 0. The van der Waals surface area contributed by atoms with Crippen LogP contribution in [0.4, 0.5) is 0 Å². The van der Waals surface area contributed by atoms with Gasteiger partial charge in [0.15, 0.2) is 0 Å².